The van der Waals surface area contributed by atoms with Gasteiger partial charge in [0.25, 0.3) is 11.5 Å². The fraction of sp³-hybridized carbons (Fsp3) is 0.348. The lowest BCUT2D eigenvalue weighted by Gasteiger charge is -2.23. The highest BCUT2D eigenvalue weighted by atomic mass is 16.4. The predicted octanol–water partition coefficient (Wildman–Crippen LogP) is 0.970. The zero-order chi connectivity index (χ0) is 24.4. The summed E-state index contributed by atoms with van der Waals surface area (Å²) in [4.78, 5) is 63.9. The molecule has 2 rings (SSSR count). The molecule has 5 N–H and O–H groups in total. The van der Waals surface area contributed by atoms with Gasteiger partial charge < -0.3 is 26.0 Å². The number of H-pyrrole nitrogens is 1. The van der Waals surface area contributed by atoms with Gasteiger partial charge in [0.2, 0.25) is 11.7 Å². The van der Waals surface area contributed by atoms with Crippen LogP contribution in [0.25, 0.3) is 0 Å². The predicted molar refractivity (Wildman–Crippen MR) is 120 cm³/mol. The first-order chi connectivity index (χ1) is 15.7. The Kier molecular flexibility index (Phi) is 9.34. The number of carbonyl (C=O) groups excluding carboxylic acids is 3. The van der Waals surface area contributed by atoms with Gasteiger partial charge in [-0.1, -0.05) is 50.2 Å². The summed E-state index contributed by atoms with van der Waals surface area (Å²) in [5.74, 6) is -2.65. The van der Waals surface area contributed by atoms with E-state index >= 15 is 0 Å². The molecule has 10 heteroatoms. The van der Waals surface area contributed by atoms with Crippen molar-refractivity contribution in [1.29, 1.82) is 0 Å². The van der Waals surface area contributed by atoms with Crippen molar-refractivity contribution in [3.63, 3.8) is 0 Å². The van der Waals surface area contributed by atoms with Gasteiger partial charge in [0.1, 0.15) is 12.1 Å². The molecule has 0 spiro atoms. The van der Waals surface area contributed by atoms with E-state index in [1.54, 1.807) is 30.3 Å². The molecular weight excluding hydrogens is 428 g/mol. The van der Waals surface area contributed by atoms with E-state index in [1.807, 2.05) is 19.9 Å². The lowest BCUT2D eigenvalue weighted by atomic mass is 10.00. The molecule has 3 amide bonds. The largest absolute Gasteiger partial charge is 0.465 e. The van der Waals surface area contributed by atoms with Crippen LogP contribution in [0, 0.1) is 5.92 Å². The molecule has 2 atom stereocenters. The van der Waals surface area contributed by atoms with Gasteiger partial charge in [-0.2, -0.15) is 0 Å². The molecule has 2 unspecified atom stereocenters. The van der Waals surface area contributed by atoms with E-state index in [0.717, 1.165) is 5.56 Å². The second-order valence-corrected chi connectivity index (χ2v) is 7.95. The minimum absolute atomic E-state index is 0.0205. The van der Waals surface area contributed by atoms with Crippen molar-refractivity contribution in [3.05, 3.63) is 70.1 Å². The topological polar surface area (TPSA) is 157 Å². The van der Waals surface area contributed by atoms with Crippen molar-refractivity contribution in [2.24, 2.45) is 5.92 Å². The maximum absolute atomic E-state index is 12.9. The first-order valence-corrected chi connectivity index (χ1v) is 10.5. The molecule has 10 nitrogen and oxygen atoms in total. The van der Waals surface area contributed by atoms with Crippen LogP contribution in [0.2, 0.25) is 0 Å². The van der Waals surface area contributed by atoms with E-state index in [-0.39, 0.29) is 30.9 Å². The Morgan fingerprint density at radius 3 is 2.27 bits per heavy atom. The maximum Gasteiger partial charge on any atom is 0.405 e. The Hall–Kier alpha value is -3.95. The maximum atomic E-state index is 12.9. The summed E-state index contributed by atoms with van der Waals surface area (Å²) in [6.45, 7) is 3.73. The first kappa shape index (κ1) is 25.3. The third kappa shape index (κ3) is 8.24. The molecule has 1 aromatic heterocycles. The number of hydrogen-bond donors (Lipinski definition) is 5. The van der Waals surface area contributed by atoms with Gasteiger partial charge in [-0.3, -0.25) is 19.2 Å². The first-order valence-electron chi connectivity index (χ1n) is 10.5. The Bertz CT molecular complexity index is 1030. The highest BCUT2D eigenvalue weighted by Crippen LogP contribution is 2.07. The lowest BCUT2D eigenvalue weighted by molar-refractivity contribution is -0.140. The number of amides is 3. The normalized spacial score (nSPS) is 12.5. The quantitative estimate of drug-likeness (QED) is 0.317. The Balaban J connectivity index is 2.20. The van der Waals surface area contributed by atoms with Crippen LogP contribution < -0.4 is 21.5 Å². The summed E-state index contributed by atoms with van der Waals surface area (Å²) >= 11 is 0. The minimum atomic E-state index is -1.39. The van der Waals surface area contributed by atoms with Gasteiger partial charge in [0, 0.05) is 24.7 Å². The summed E-state index contributed by atoms with van der Waals surface area (Å²) in [5, 5.41) is 16.2. The molecule has 0 aliphatic heterocycles. The Morgan fingerprint density at radius 1 is 0.970 bits per heavy atom. The van der Waals surface area contributed by atoms with E-state index in [0.29, 0.717) is 0 Å². The van der Waals surface area contributed by atoms with Crippen LogP contribution in [-0.2, 0) is 27.3 Å². The second-order valence-electron chi connectivity index (χ2n) is 7.95. The van der Waals surface area contributed by atoms with Crippen molar-refractivity contribution in [1.82, 2.24) is 20.9 Å². The molecule has 176 valence electrons. The number of carboxylic acid groups (broad SMARTS) is 1. The number of nitrogens with one attached hydrogen (secondary N) is 4. The van der Waals surface area contributed by atoms with E-state index in [1.165, 1.54) is 12.3 Å². The highest BCUT2D eigenvalue weighted by molar-refractivity contribution is 6.38. The summed E-state index contributed by atoms with van der Waals surface area (Å²) < 4.78 is 0. The molecule has 0 saturated heterocycles. The van der Waals surface area contributed by atoms with Crippen LogP contribution >= 0.6 is 0 Å². The minimum Gasteiger partial charge on any atom is -0.465 e. The summed E-state index contributed by atoms with van der Waals surface area (Å²) in [7, 11) is 0. The number of aromatic amines is 1. The molecule has 0 bridgehead atoms. The molecule has 1 heterocycles. The number of pyridine rings is 1. The van der Waals surface area contributed by atoms with Crippen LogP contribution in [-0.4, -0.2) is 45.9 Å². The van der Waals surface area contributed by atoms with Gasteiger partial charge in [-0.05, 0) is 24.0 Å². The van der Waals surface area contributed by atoms with Gasteiger partial charge in [-0.25, -0.2) is 4.79 Å². The highest BCUT2D eigenvalue weighted by Gasteiger charge is 2.31. The Morgan fingerprint density at radius 2 is 1.67 bits per heavy atom. The van der Waals surface area contributed by atoms with Gasteiger partial charge in [0.15, 0.2) is 0 Å². The van der Waals surface area contributed by atoms with E-state index in [2.05, 4.69) is 20.9 Å². The number of ketones is 1. The van der Waals surface area contributed by atoms with Crippen LogP contribution in [0.1, 0.15) is 31.4 Å². The number of hydrogen-bond acceptors (Lipinski definition) is 5. The van der Waals surface area contributed by atoms with Crippen molar-refractivity contribution >= 4 is 23.7 Å². The molecule has 0 aliphatic carbocycles. The average Bonchev–Trinajstić information content (AvgIpc) is 2.77. The number of aromatic nitrogens is 1. The fourth-order valence-corrected chi connectivity index (χ4v) is 3.19. The SMILES string of the molecule is CC(C)CC(NC(=O)O)C(=O)NC(Cc1ccc[nH]c1=O)C(=O)C(=O)NCc1ccccc1. The van der Waals surface area contributed by atoms with Crippen LogP contribution in [0.15, 0.2) is 53.5 Å². The molecule has 0 radical (unpaired) electrons. The molecule has 2 aromatic rings. The Labute approximate surface area is 190 Å². The standard InChI is InChI=1S/C23H28N4O6/c1-14(2)11-18(27-23(32)33)21(30)26-17(12-16-9-6-10-24-20(16)29)19(28)22(31)25-13-15-7-4-3-5-8-15/h3-10,14,17-18,27H,11-13H2,1-2H3,(H,24,29)(H,25,31)(H,26,30)(H,32,33). The van der Waals surface area contributed by atoms with Crippen molar-refractivity contribution < 1.29 is 24.3 Å². The summed E-state index contributed by atoms with van der Waals surface area (Å²) in [6.07, 6.45) is -0.0196. The zero-order valence-corrected chi connectivity index (χ0v) is 18.5. The molecular formula is C23H28N4O6. The smallest absolute Gasteiger partial charge is 0.405 e. The molecule has 0 saturated carbocycles. The van der Waals surface area contributed by atoms with Crippen molar-refractivity contribution in [2.45, 2.75) is 45.3 Å². The zero-order valence-electron chi connectivity index (χ0n) is 18.5. The molecule has 1 aromatic carbocycles. The van der Waals surface area contributed by atoms with E-state index < -0.39 is 41.3 Å². The van der Waals surface area contributed by atoms with Crippen molar-refractivity contribution in [2.75, 3.05) is 0 Å². The van der Waals surface area contributed by atoms with E-state index in [4.69, 9.17) is 5.11 Å². The van der Waals surface area contributed by atoms with Gasteiger partial charge in [-0.15, -0.1) is 0 Å². The number of Topliss-reactive ketones (excluding diaryl/α,β-unsaturated/α-hetero) is 1. The number of benzene rings is 1. The number of rotatable bonds is 11. The fourth-order valence-electron chi connectivity index (χ4n) is 3.19. The second kappa shape index (κ2) is 12.2. The van der Waals surface area contributed by atoms with E-state index in [9.17, 15) is 24.0 Å². The average molecular weight is 456 g/mol. The van der Waals surface area contributed by atoms with Crippen LogP contribution in [0.4, 0.5) is 4.79 Å². The van der Waals surface area contributed by atoms with Crippen molar-refractivity contribution in [3.8, 4) is 0 Å². The van der Waals surface area contributed by atoms with Gasteiger partial charge in [0.05, 0.1) is 0 Å². The lowest BCUT2D eigenvalue weighted by Crippen LogP contribution is -2.55. The summed E-state index contributed by atoms with van der Waals surface area (Å²) in [6, 6.07) is 9.51. The summed E-state index contributed by atoms with van der Waals surface area (Å²) in [5.41, 5.74) is 0.511. The third-order valence-corrected chi connectivity index (χ3v) is 4.80. The number of carbonyl (C=O) groups is 4. The van der Waals surface area contributed by atoms with Gasteiger partial charge >= 0.3 is 6.09 Å². The molecule has 33 heavy (non-hydrogen) atoms. The molecule has 0 fully saturated rings. The third-order valence-electron chi connectivity index (χ3n) is 4.80. The van der Waals surface area contributed by atoms with Crippen LogP contribution in [0.3, 0.4) is 0 Å². The van der Waals surface area contributed by atoms with Crippen LogP contribution in [0.5, 0.6) is 0 Å². The molecule has 0 aliphatic rings. The monoisotopic (exact) mass is 456 g/mol.